The van der Waals surface area contributed by atoms with Gasteiger partial charge in [0.25, 0.3) is 0 Å². The van der Waals surface area contributed by atoms with Gasteiger partial charge in [-0.25, -0.2) is 0 Å². The molecule has 78 valence electrons. The fourth-order valence-electron chi connectivity index (χ4n) is 1.68. The van der Waals surface area contributed by atoms with E-state index < -0.39 is 0 Å². The van der Waals surface area contributed by atoms with Crippen molar-refractivity contribution in [2.45, 2.75) is 25.4 Å². The second-order valence-corrected chi connectivity index (χ2v) is 5.65. The van der Waals surface area contributed by atoms with E-state index in [2.05, 4.69) is 17.4 Å². The summed E-state index contributed by atoms with van der Waals surface area (Å²) in [5.41, 5.74) is 0. The molecule has 0 unspecified atom stereocenters. The van der Waals surface area contributed by atoms with Crippen LogP contribution >= 0.6 is 22.9 Å². The van der Waals surface area contributed by atoms with Gasteiger partial charge in [0, 0.05) is 27.2 Å². The Morgan fingerprint density at radius 1 is 1.33 bits per heavy atom. The van der Waals surface area contributed by atoms with Gasteiger partial charge in [0.15, 0.2) is 0 Å². The Bertz CT molecular complexity index is 487. The molecule has 1 aliphatic rings. The summed E-state index contributed by atoms with van der Waals surface area (Å²) in [6.45, 7) is 1.00. The fourth-order valence-corrected chi connectivity index (χ4v) is 2.97. The van der Waals surface area contributed by atoms with Crippen LogP contribution < -0.4 is 5.32 Å². The van der Waals surface area contributed by atoms with Gasteiger partial charge in [0.1, 0.15) is 0 Å². The smallest absolute Gasteiger partial charge is 0.0420 e. The molecular weight excluding hydrogens is 226 g/mol. The van der Waals surface area contributed by atoms with Gasteiger partial charge in [-0.3, -0.25) is 0 Å². The maximum atomic E-state index is 5.96. The first kappa shape index (κ1) is 9.64. The zero-order chi connectivity index (χ0) is 10.3. The van der Waals surface area contributed by atoms with E-state index in [0.717, 1.165) is 17.6 Å². The molecule has 1 N–H and O–H groups in total. The highest BCUT2D eigenvalue weighted by molar-refractivity contribution is 7.19. The summed E-state index contributed by atoms with van der Waals surface area (Å²) in [6, 6.07) is 9.12. The third-order valence-corrected chi connectivity index (χ3v) is 4.01. The molecule has 3 rings (SSSR count). The Hall–Kier alpha value is -0.570. The summed E-state index contributed by atoms with van der Waals surface area (Å²) in [7, 11) is 0. The maximum Gasteiger partial charge on any atom is 0.0420 e. The number of halogens is 1. The van der Waals surface area contributed by atoms with Crippen molar-refractivity contribution in [3.63, 3.8) is 0 Å². The topological polar surface area (TPSA) is 12.0 Å². The van der Waals surface area contributed by atoms with E-state index in [-0.39, 0.29) is 0 Å². The molecule has 0 aliphatic heterocycles. The van der Waals surface area contributed by atoms with Gasteiger partial charge in [-0.2, -0.15) is 0 Å². The van der Waals surface area contributed by atoms with Crippen molar-refractivity contribution in [2.75, 3.05) is 0 Å². The molecule has 0 saturated heterocycles. The van der Waals surface area contributed by atoms with Crippen LogP contribution in [0.15, 0.2) is 24.3 Å². The predicted octanol–water partition coefficient (Wildman–Crippen LogP) is 3.81. The lowest BCUT2D eigenvalue weighted by Gasteiger charge is -1.97. The number of rotatable bonds is 3. The third-order valence-electron chi connectivity index (χ3n) is 2.68. The summed E-state index contributed by atoms with van der Waals surface area (Å²) in [4.78, 5) is 1.40. The van der Waals surface area contributed by atoms with E-state index in [4.69, 9.17) is 11.6 Å². The molecule has 3 heteroatoms. The van der Waals surface area contributed by atoms with Gasteiger partial charge in [-0.1, -0.05) is 17.7 Å². The largest absolute Gasteiger partial charge is 0.309 e. The van der Waals surface area contributed by atoms with E-state index in [1.165, 1.54) is 27.8 Å². The van der Waals surface area contributed by atoms with Gasteiger partial charge >= 0.3 is 0 Å². The molecule has 0 atom stereocenters. The van der Waals surface area contributed by atoms with Crippen molar-refractivity contribution in [2.24, 2.45) is 0 Å². The van der Waals surface area contributed by atoms with Gasteiger partial charge in [0.05, 0.1) is 0 Å². The van der Waals surface area contributed by atoms with Crippen molar-refractivity contribution < 1.29 is 0 Å². The lowest BCUT2D eigenvalue weighted by molar-refractivity contribution is 0.695. The highest BCUT2D eigenvalue weighted by Crippen LogP contribution is 2.29. The van der Waals surface area contributed by atoms with Crippen LogP contribution in [0.4, 0.5) is 0 Å². The van der Waals surface area contributed by atoms with E-state index >= 15 is 0 Å². The second kappa shape index (κ2) is 3.78. The number of hydrogen-bond acceptors (Lipinski definition) is 2. The Morgan fingerprint density at radius 2 is 2.20 bits per heavy atom. The summed E-state index contributed by atoms with van der Waals surface area (Å²) in [5, 5.41) is 5.65. The SMILES string of the molecule is Clc1ccc2cc(CNC3CC3)sc2c1. The van der Waals surface area contributed by atoms with Crippen LogP contribution in [0.25, 0.3) is 10.1 Å². The standard InChI is InChI=1S/C12H12ClNS/c13-9-2-1-8-5-11(15-12(8)6-9)7-14-10-3-4-10/h1-2,5-6,10,14H,3-4,7H2. The molecule has 1 aliphatic carbocycles. The molecule has 2 aromatic rings. The Balaban J connectivity index is 1.84. The summed E-state index contributed by atoms with van der Waals surface area (Å²) in [5.74, 6) is 0. The van der Waals surface area contributed by atoms with E-state index in [9.17, 15) is 0 Å². The van der Waals surface area contributed by atoms with Crippen LogP contribution in [-0.2, 0) is 6.54 Å². The molecule has 0 bridgehead atoms. The molecule has 0 amide bonds. The maximum absolute atomic E-state index is 5.96. The van der Waals surface area contributed by atoms with Crippen LogP contribution in [0.2, 0.25) is 5.02 Å². The summed E-state index contributed by atoms with van der Waals surface area (Å²) >= 11 is 7.79. The Kier molecular flexibility index (Phi) is 2.43. The number of thiophene rings is 1. The minimum atomic E-state index is 0.777. The average Bonchev–Trinajstić information content (AvgIpc) is 2.95. The van der Waals surface area contributed by atoms with Crippen molar-refractivity contribution >= 4 is 33.0 Å². The monoisotopic (exact) mass is 237 g/mol. The van der Waals surface area contributed by atoms with E-state index in [1.807, 2.05) is 23.5 Å². The van der Waals surface area contributed by atoms with Crippen molar-refractivity contribution in [1.82, 2.24) is 5.32 Å². The molecule has 1 aromatic heterocycles. The van der Waals surface area contributed by atoms with Crippen molar-refractivity contribution in [3.05, 3.63) is 34.2 Å². The zero-order valence-electron chi connectivity index (χ0n) is 8.29. The number of hydrogen-bond donors (Lipinski definition) is 1. The molecule has 1 saturated carbocycles. The van der Waals surface area contributed by atoms with Gasteiger partial charge in [-0.15, -0.1) is 11.3 Å². The molecule has 1 aromatic carbocycles. The van der Waals surface area contributed by atoms with Gasteiger partial charge < -0.3 is 5.32 Å². The van der Waals surface area contributed by atoms with E-state index in [1.54, 1.807) is 0 Å². The first-order valence-corrected chi connectivity index (χ1v) is 6.42. The lowest BCUT2D eigenvalue weighted by Crippen LogP contribution is -2.14. The quantitative estimate of drug-likeness (QED) is 0.856. The second-order valence-electron chi connectivity index (χ2n) is 4.05. The Labute approximate surface area is 98.1 Å². The van der Waals surface area contributed by atoms with Crippen LogP contribution in [0, 0.1) is 0 Å². The Morgan fingerprint density at radius 3 is 3.00 bits per heavy atom. The minimum absolute atomic E-state index is 0.777. The average molecular weight is 238 g/mol. The highest BCUT2D eigenvalue weighted by Gasteiger charge is 2.20. The number of nitrogens with one attached hydrogen (secondary N) is 1. The first-order chi connectivity index (χ1) is 7.31. The molecule has 0 spiro atoms. The third kappa shape index (κ3) is 2.17. The van der Waals surface area contributed by atoms with Crippen molar-refractivity contribution in [3.8, 4) is 0 Å². The summed E-state index contributed by atoms with van der Waals surface area (Å²) < 4.78 is 1.29. The molecule has 1 fully saturated rings. The van der Waals surface area contributed by atoms with Crippen LogP contribution in [0.3, 0.4) is 0 Å². The molecule has 15 heavy (non-hydrogen) atoms. The number of benzene rings is 1. The van der Waals surface area contributed by atoms with E-state index in [0.29, 0.717) is 0 Å². The zero-order valence-corrected chi connectivity index (χ0v) is 9.87. The van der Waals surface area contributed by atoms with Crippen LogP contribution in [0.1, 0.15) is 17.7 Å². The van der Waals surface area contributed by atoms with Crippen LogP contribution in [-0.4, -0.2) is 6.04 Å². The van der Waals surface area contributed by atoms with Gasteiger partial charge in [-0.05, 0) is 36.4 Å². The molecule has 1 nitrogen and oxygen atoms in total. The molecular formula is C12H12ClNS. The molecule has 1 heterocycles. The predicted molar refractivity (Wildman–Crippen MR) is 66.7 cm³/mol. The fraction of sp³-hybridized carbons (Fsp3) is 0.333. The lowest BCUT2D eigenvalue weighted by atomic mass is 10.2. The minimum Gasteiger partial charge on any atom is -0.309 e. The normalized spacial score (nSPS) is 16.1. The van der Waals surface area contributed by atoms with Crippen LogP contribution in [0.5, 0.6) is 0 Å². The highest BCUT2D eigenvalue weighted by atomic mass is 35.5. The molecule has 0 radical (unpaired) electrons. The van der Waals surface area contributed by atoms with Crippen molar-refractivity contribution in [1.29, 1.82) is 0 Å². The number of fused-ring (bicyclic) bond motifs is 1. The first-order valence-electron chi connectivity index (χ1n) is 5.22. The van der Waals surface area contributed by atoms with Gasteiger partial charge in [0.2, 0.25) is 0 Å². The summed E-state index contributed by atoms with van der Waals surface area (Å²) in [6.07, 6.45) is 2.69.